The molecule has 2 rings (SSSR count). The first-order chi connectivity index (χ1) is 6.72. The molecule has 0 spiro atoms. The molecule has 74 valence electrons. The molecule has 1 nitrogen and oxygen atoms in total. The minimum Gasteiger partial charge on any atom is -0.299 e. The average molecular weight is 188 g/mol. The van der Waals surface area contributed by atoms with Gasteiger partial charge in [-0.05, 0) is 30.9 Å². The maximum Gasteiger partial charge on any atom is 0.140 e. The molecule has 0 amide bonds. The van der Waals surface area contributed by atoms with E-state index >= 15 is 0 Å². The molecular weight excluding hydrogens is 172 g/mol. The van der Waals surface area contributed by atoms with E-state index in [9.17, 15) is 4.79 Å². The number of hydrogen-bond acceptors (Lipinski definition) is 1. The van der Waals surface area contributed by atoms with Gasteiger partial charge in [0.05, 0.1) is 0 Å². The zero-order valence-corrected chi connectivity index (χ0v) is 8.84. The van der Waals surface area contributed by atoms with Gasteiger partial charge in [0.15, 0.2) is 0 Å². The molecule has 1 aromatic rings. The van der Waals surface area contributed by atoms with E-state index in [1.807, 2.05) is 0 Å². The van der Waals surface area contributed by atoms with Gasteiger partial charge in [-0.3, -0.25) is 4.79 Å². The third kappa shape index (κ3) is 1.47. The van der Waals surface area contributed by atoms with E-state index in [-0.39, 0.29) is 5.92 Å². The third-order valence-corrected chi connectivity index (χ3v) is 3.11. The van der Waals surface area contributed by atoms with E-state index < -0.39 is 0 Å². The highest BCUT2D eigenvalue weighted by Gasteiger charge is 2.25. The molecule has 14 heavy (non-hydrogen) atoms. The van der Waals surface area contributed by atoms with Gasteiger partial charge in [-0.25, -0.2) is 0 Å². The summed E-state index contributed by atoms with van der Waals surface area (Å²) in [5.74, 6) is 0.587. The van der Waals surface area contributed by atoms with E-state index in [1.165, 1.54) is 16.7 Å². The summed E-state index contributed by atoms with van der Waals surface area (Å²) in [7, 11) is 0. The van der Waals surface area contributed by atoms with Crippen LogP contribution in [0.5, 0.6) is 0 Å². The Labute approximate surface area is 85.1 Å². The molecular formula is C13H16O. The highest BCUT2D eigenvalue weighted by atomic mass is 16.1. The van der Waals surface area contributed by atoms with Gasteiger partial charge in [0, 0.05) is 12.3 Å². The molecule has 0 aliphatic heterocycles. The molecule has 0 fully saturated rings. The van der Waals surface area contributed by atoms with Crippen molar-refractivity contribution in [3.8, 4) is 0 Å². The second-order valence-corrected chi connectivity index (χ2v) is 4.13. The van der Waals surface area contributed by atoms with Crippen molar-refractivity contribution in [2.45, 2.75) is 39.0 Å². The van der Waals surface area contributed by atoms with E-state index in [1.54, 1.807) is 0 Å². The minimum absolute atomic E-state index is 0.165. The summed E-state index contributed by atoms with van der Waals surface area (Å²) >= 11 is 0. The van der Waals surface area contributed by atoms with E-state index in [0.29, 0.717) is 5.78 Å². The molecule has 0 aromatic heterocycles. The van der Waals surface area contributed by atoms with Crippen molar-refractivity contribution >= 4 is 5.78 Å². The van der Waals surface area contributed by atoms with Crippen LogP contribution in [-0.2, 0) is 11.2 Å². The van der Waals surface area contributed by atoms with Crippen molar-refractivity contribution in [3.63, 3.8) is 0 Å². The van der Waals surface area contributed by atoms with E-state index in [2.05, 4.69) is 32.0 Å². The van der Waals surface area contributed by atoms with Gasteiger partial charge in [-0.1, -0.05) is 30.7 Å². The van der Waals surface area contributed by atoms with Crippen LogP contribution >= 0.6 is 0 Å². The van der Waals surface area contributed by atoms with Crippen LogP contribution in [0.1, 0.15) is 42.4 Å². The molecule has 0 saturated carbocycles. The zero-order valence-electron chi connectivity index (χ0n) is 8.84. The Kier molecular flexibility index (Phi) is 2.40. The third-order valence-electron chi connectivity index (χ3n) is 3.11. The summed E-state index contributed by atoms with van der Waals surface area (Å²) < 4.78 is 0. The second kappa shape index (κ2) is 3.56. The Balaban J connectivity index is 2.49. The lowest BCUT2D eigenvalue weighted by molar-refractivity contribution is -0.121. The predicted octanol–water partition coefficient (Wildman–Crippen LogP) is 3.00. The quantitative estimate of drug-likeness (QED) is 0.662. The van der Waals surface area contributed by atoms with Crippen LogP contribution in [0.4, 0.5) is 0 Å². The Morgan fingerprint density at radius 2 is 2.14 bits per heavy atom. The van der Waals surface area contributed by atoms with Crippen LogP contribution < -0.4 is 0 Å². The fourth-order valence-corrected chi connectivity index (χ4v) is 2.32. The largest absolute Gasteiger partial charge is 0.299 e. The first kappa shape index (κ1) is 9.45. The number of rotatable bonds is 1. The second-order valence-electron chi connectivity index (χ2n) is 4.13. The SMILES string of the molecule is CCC1C(=O)CCc2ccc(C)cc21. The van der Waals surface area contributed by atoms with Crippen molar-refractivity contribution < 1.29 is 4.79 Å². The Bertz CT molecular complexity index is 365. The maximum absolute atomic E-state index is 11.7. The molecule has 1 aromatic carbocycles. The zero-order chi connectivity index (χ0) is 10.1. The summed E-state index contributed by atoms with van der Waals surface area (Å²) in [5, 5.41) is 0. The molecule has 1 heteroatoms. The molecule has 0 radical (unpaired) electrons. The fourth-order valence-electron chi connectivity index (χ4n) is 2.32. The molecule has 1 aliphatic rings. The summed E-state index contributed by atoms with van der Waals surface area (Å²) in [4.78, 5) is 11.7. The Hall–Kier alpha value is -1.11. The van der Waals surface area contributed by atoms with Gasteiger partial charge >= 0.3 is 0 Å². The summed E-state index contributed by atoms with van der Waals surface area (Å²) in [6.07, 6.45) is 2.61. The van der Waals surface area contributed by atoms with Crippen LogP contribution in [0.15, 0.2) is 18.2 Å². The van der Waals surface area contributed by atoms with Crippen LogP contribution in [0.3, 0.4) is 0 Å². The summed E-state index contributed by atoms with van der Waals surface area (Å²) in [6, 6.07) is 6.50. The van der Waals surface area contributed by atoms with E-state index in [4.69, 9.17) is 0 Å². The van der Waals surface area contributed by atoms with Crippen molar-refractivity contribution in [1.29, 1.82) is 0 Å². The van der Waals surface area contributed by atoms with Gasteiger partial charge in [-0.15, -0.1) is 0 Å². The monoisotopic (exact) mass is 188 g/mol. The number of Topliss-reactive ketones (excluding diaryl/α,β-unsaturated/α-hetero) is 1. The highest BCUT2D eigenvalue weighted by molar-refractivity contribution is 5.88. The topological polar surface area (TPSA) is 17.1 Å². The van der Waals surface area contributed by atoms with Crippen molar-refractivity contribution in [3.05, 3.63) is 34.9 Å². The van der Waals surface area contributed by atoms with Gasteiger partial charge in [-0.2, -0.15) is 0 Å². The molecule has 0 saturated heterocycles. The van der Waals surface area contributed by atoms with Gasteiger partial charge in [0.1, 0.15) is 5.78 Å². The molecule has 0 bridgehead atoms. The van der Waals surface area contributed by atoms with Crippen LogP contribution in [0.2, 0.25) is 0 Å². The Morgan fingerprint density at radius 1 is 1.36 bits per heavy atom. The first-order valence-corrected chi connectivity index (χ1v) is 5.34. The molecule has 1 unspecified atom stereocenters. The minimum atomic E-state index is 0.165. The molecule has 0 heterocycles. The predicted molar refractivity (Wildman–Crippen MR) is 57.5 cm³/mol. The van der Waals surface area contributed by atoms with Crippen molar-refractivity contribution in [1.82, 2.24) is 0 Å². The number of hydrogen-bond donors (Lipinski definition) is 0. The maximum atomic E-state index is 11.7. The smallest absolute Gasteiger partial charge is 0.140 e. The van der Waals surface area contributed by atoms with Crippen molar-refractivity contribution in [2.24, 2.45) is 0 Å². The standard InChI is InChI=1S/C13H16O/c1-3-11-12-8-9(2)4-5-10(12)6-7-13(11)14/h4-5,8,11H,3,6-7H2,1-2H3. The average Bonchev–Trinajstić information content (AvgIpc) is 2.17. The lowest BCUT2D eigenvalue weighted by Crippen LogP contribution is -2.19. The summed E-state index contributed by atoms with van der Waals surface area (Å²) in [6.45, 7) is 4.19. The number of ketones is 1. The van der Waals surface area contributed by atoms with E-state index in [0.717, 1.165) is 19.3 Å². The number of aryl methyl sites for hydroxylation is 2. The first-order valence-electron chi connectivity index (χ1n) is 5.34. The highest BCUT2D eigenvalue weighted by Crippen LogP contribution is 2.31. The van der Waals surface area contributed by atoms with Gasteiger partial charge < -0.3 is 0 Å². The lowest BCUT2D eigenvalue weighted by Gasteiger charge is -2.23. The van der Waals surface area contributed by atoms with Gasteiger partial charge in [0.25, 0.3) is 0 Å². The molecule has 1 atom stereocenters. The number of fused-ring (bicyclic) bond motifs is 1. The number of carbonyl (C=O) groups excluding carboxylic acids is 1. The van der Waals surface area contributed by atoms with Crippen molar-refractivity contribution in [2.75, 3.05) is 0 Å². The van der Waals surface area contributed by atoms with Crippen LogP contribution in [-0.4, -0.2) is 5.78 Å². The fraction of sp³-hybridized carbons (Fsp3) is 0.462. The molecule has 1 aliphatic carbocycles. The summed E-state index contributed by atoms with van der Waals surface area (Å²) in [5.41, 5.74) is 3.92. The lowest BCUT2D eigenvalue weighted by atomic mass is 9.80. The van der Waals surface area contributed by atoms with Crippen LogP contribution in [0.25, 0.3) is 0 Å². The Morgan fingerprint density at radius 3 is 2.86 bits per heavy atom. The number of benzene rings is 1. The normalized spacial score (nSPS) is 20.7. The molecule has 0 N–H and O–H groups in total. The van der Waals surface area contributed by atoms with Gasteiger partial charge in [0.2, 0.25) is 0 Å². The number of carbonyl (C=O) groups is 1. The van der Waals surface area contributed by atoms with Crippen LogP contribution in [0, 0.1) is 6.92 Å².